The second-order valence-electron chi connectivity index (χ2n) is 5.64. The SMILES string of the molecule is CCCC1CC1NS(=O)(=O)CCCCNC(C)C. The lowest BCUT2D eigenvalue weighted by Gasteiger charge is -2.08. The van der Waals surface area contributed by atoms with Crippen LogP contribution in [0.4, 0.5) is 0 Å². The molecule has 0 aromatic rings. The summed E-state index contributed by atoms with van der Waals surface area (Å²) in [6.45, 7) is 7.24. The van der Waals surface area contributed by atoms with Crippen LogP contribution in [-0.2, 0) is 10.0 Å². The van der Waals surface area contributed by atoms with Crippen LogP contribution in [0.1, 0.15) is 52.9 Å². The Labute approximate surface area is 112 Å². The van der Waals surface area contributed by atoms with Crippen LogP contribution in [0.5, 0.6) is 0 Å². The number of rotatable bonds is 10. The fourth-order valence-corrected chi connectivity index (χ4v) is 3.63. The van der Waals surface area contributed by atoms with Gasteiger partial charge < -0.3 is 5.32 Å². The molecular formula is C13H28N2O2S. The van der Waals surface area contributed by atoms with Gasteiger partial charge in [-0.1, -0.05) is 27.2 Å². The molecule has 5 heteroatoms. The van der Waals surface area contributed by atoms with Crippen LogP contribution in [-0.4, -0.2) is 32.8 Å². The van der Waals surface area contributed by atoms with Crippen molar-refractivity contribution in [3.63, 3.8) is 0 Å². The monoisotopic (exact) mass is 276 g/mol. The highest BCUT2D eigenvalue weighted by atomic mass is 32.2. The van der Waals surface area contributed by atoms with Crippen LogP contribution >= 0.6 is 0 Å². The summed E-state index contributed by atoms with van der Waals surface area (Å²) in [5.74, 6) is 0.856. The van der Waals surface area contributed by atoms with E-state index in [9.17, 15) is 8.42 Å². The zero-order valence-corrected chi connectivity index (χ0v) is 12.7. The first-order valence-corrected chi connectivity index (χ1v) is 8.83. The minimum Gasteiger partial charge on any atom is -0.315 e. The summed E-state index contributed by atoms with van der Waals surface area (Å²) < 4.78 is 26.4. The average molecular weight is 276 g/mol. The van der Waals surface area contributed by atoms with E-state index in [1.165, 1.54) is 0 Å². The Morgan fingerprint density at radius 3 is 2.61 bits per heavy atom. The Balaban J connectivity index is 2.09. The predicted octanol–water partition coefficient (Wildman–Crippen LogP) is 1.87. The lowest BCUT2D eigenvalue weighted by molar-refractivity contribution is 0.552. The van der Waals surface area contributed by atoms with Crippen LogP contribution in [0.25, 0.3) is 0 Å². The summed E-state index contributed by atoms with van der Waals surface area (Å²) in [4.78, 5) is 0. The summed E-state index contributed by atoms with van der Waals surface area (Å²) in [6.07, 6.45) is 4.97. The quantitative estimate of drug-likeness (QED) is 0.599. The molecule has 0 bridgehead atoms. The molecule has 0 saturated heterocycles. The maximum atomic E-state index is 11.8. The smallest absolute Gasteiger partial charge is 0.211 e. The minimum absolute atomic E-state index is 0.226. The molecule has 108 valence electrons. The van der Waals surface area contributed by atoms with E-state index in [1.807, 2.05) is 0 Å². The summed E-state index contributed by atoms with van der Waals surface area (Å²) in [5.41, 5.74) is 0. The third-order valence-electron chi connectivity index (χ3n) is 3.31. The third-order valence-corrected chi connectivity index (χ3v) is 4.79. The zero-order chi connectivity index (χ0) is 13.6. The highest BCUT2D eigenvalue weighted by Crippen LogP contribution is 2.35. The van der Waals surface area contributed by atoms with Gasteiger partial charge in [-0.15, -0.1) is 0 Å². The Bertz CT molecular complexity index is 328. The molecule has 0 radical (unpaired) electrons. The van der Waals surface area contributed by atoms with Crippen LogP contribution < -0.4 is 10.0 Å². The van der Waals surface area contributed by atoms with E-state index in [-0.39, 0.29) is 11.8 Å². The van der Waals surface area contributed by atoms with E-state index in [2.05, 4.69) is 30.8 Å². The summed E-state index contributed by atoms with van der Waals surface area (Å²) >= 11 is 0. The Kier molecular flexibility index (Phi) is 6.60. The van der Waals surface area contributed by atoms with Crippen LogP contribution in [0.3, 0.4) is 0 Å². The van der Waals surface area contributed by atoms with E-state index in [1.54, 1.807) is 0 Å². The van der Waals surface area contributed by atoms with Crippen molar-refractivity contribution in [2.45, 2.75) is 65.0 Å². The standard InChI is InChI=1S/C13H28N2O2S/c1-4-7-12-10-13(12)15-18(16,17)9-6-5-8-14-11(2)3/h11-15H,4-10H2,1-3H3. The Hall–Kier alpha value is -0.130. The van der Waals surface area contributed by atoms with Crippen molar-refractivity contribution >= 4 is 10.0 Å². The molecule has 18 heavy (non-hydrogen) atoms. The van der Waals surface area contributed by atoms with Gasteiger partial charge in [0, 0.05) is 12.1 Å². The first kappa shape index (κ1) is 15.9. The van der Waals surface area contributed by atoms with Crippen molar-refractivity contribution < 1.29 is 8.42 Å². The molecule has 2 unspecified atom stereocenters. The Morgan fingerprint density at radius 1 is 1.28 bits per heavy atom. The molecule has 1 aliphatic carbocycles. The molecule has 1 saturated carbocycles. The lowest BCUT2D eigenvalue weighted by atomic mass is 10.2. The first-order chi connectivity index (χ1) is 8.44. The van der Waals surface area contributed by atoms with Crippen molar-refractivity contribution in [1.29, 1.82) is 0 Å². The molecule has 0 amide bonds. The van der Waals surface area contributed by atoms with Gasteiger partial charge >= 0.3 is 0 Å². The molecular weight excluding hydrogens is 248 g/mol. The number of hydrogen-bond donors (Lipinski definition) is 2. The van der Waals surface area contributed by atoms with Crippen molar-refractivity contribution in [3.05, 3.63) is 0 Å². The molecule has 0 spiro atoms. The predicted molar refractivity (Wildman–Crippen MR) is 76.1 cm³/mol. The number of nitrogens with one attached hydrogen (secondary N) is 2. The van der Waals surface area contributed by atoms with Crippen molar-refractivity contribution in [2.75, 3.05) is 12.3 Å². The van der Waals surface area contributed by atoms with Gasteiger partial charge in [-0.25, -0.2) is 13.1 Å². The molecule has 1 fully saturated rings. The molecule has 2 atom stereocenters. The van der Waals surface area contributed by atoms with E-state index >= 15 is 0 Å². The minimum atomic E-state index is -3.05. The second kappa shape index (κ2) is 7.46. The van der Waals surface area contributed by atoms with Crippen LogP contribution in [0.2, 0.25) is 0 Å². The highest BCUT2D eigenvalue weighted by molar-refractivity contribution is 7.89. The van der Waals surface area contributed by atoms with Gasteiger partial charge in [-0.2, -0.15) is 0 Å². The molecule has 0 aromatic carbocycles. The van der Waals surface area contributed by atoms with Crippen molar-refractivity contribution in [2.24, 2.45) is 5.92 Å². The Morgan fingerprint density at radius 2 is 2.00 bits per heavy atom. The maximum Gasteiger partial charge on any atom is 0.211 e. The topological polar surface area (TPSA) is 58.2 Å². The second-order valence-corrected chi connectivity index (χ2v) is 7.52. The molecule has 0 aromatic heterocycles. The normalized spacial score (nSPS) is 23.6. The van der Waals surface area contributed by atoms with Gasteiger partial charge in [0.1, 0.15) is 0 Å². The van der Waals surface area contributed by atoms with E-state index < -0.39 is 10.0 Å². The molecule has 2 N–H and O–H groups in total. The van der Waals surface area contributed by atoms with Gasteiger partial charge in [0.2, 0.25) is 10.0 Å². The average Bonchev–Trinajstić information content (AvgIpc) is 2.94. The van der Waals surface area contributed by atoms with Crippen molar-refractivity contribution in [1.82, 2.24) is 10.0 Å². The summed E-state index contributed by atoms with van der Waals surface area (Å²) in [7, 11) is -3.05. The fourth-order valence-electron chi connectivity index (χ4n) is 2.18. The van der Waals surface area contributed by atoms with Gasteiger partial charge in [0.25, 0.3) is 0 Å². The van der Waals surface area contributed by atoms with Gasteiger partial charge in [-0.3, -0.25) is 0 Å². The first-order valence-electron chi connectivity index (χ1n) is 7.18. The van der Waals surface area contributed by atoms with E-state index in [0.717, 1.165) is 38.6 Å². The molecule has 1 aliphatic rings. The highest BCUT2D eigenvalue weighted by Gasteiger charge is 2.38. The number of sulfonamides is 1. The van der Waals surface area contributed by atoms with Crippen molar-refractivity contribution in [3.8, 4) is 0 Å². The van der Waals surface area contributed by atoms with E-state index in [4.69, 9.17) is 0 Å². The molecule has 0 heterocycles. The number of unbranched alkanes of at least 4 members (excludes halogenated alkanes) is 1. The van der Waals surface area contributed by atoms with Crippen LogP contribution in [0, 0.1) is 5.92 Å². The summed E-state index contributed by atoms with van der Waals surface area (Å²) in [6, 6.07) is 0.699. The van der Waals surface area contributed by atoms with Gasteiger partial charge in [0.15, 0.2) is 0 Å². The summed E-state index contributed by atoms with van der Waals surface area (Å²) in [5, 5.41) is 3.29. The number of hydrogen-bond acceptors (Lipinski definition) is 3. The van der Waals surface area contributed by atoms with Gasteiger partial charge in [-0.05, 0) is 38.1 Å². The lowest BCUT2D eigenvalue weighted by Crippen LogP contribution is -2.30. The van der Waals surface area contributed by atoms with Crippen LogP contribution in [0.15, 0.2) is 0 Å². The van der Waals surface area contributed by atoms with Gasteiger partial charge in [0.05, 0.1) is 5.75 Å². The largest absolute Gasteiger partial charge is 0.315 e. The third kappa shape index (κ3) is 6.71. The molecule has 4 nitrogen and oxygen atoms in total. The zero-order valence-electron chi connectivity index (χ0n) is 11.9. The fraction of sp³-hybridized carbons (Fsp3) is 1.00. The molecule has 1 rings (SSSR count). The van der Waals surface area contributed by atoms with E-state index in [0.29, 0.717) is 12.0 Å². The maximum absolute atomic E-state index is 11.8. The molecule has 0 aliphatic heterocycles.